The maximum atomic E-state index is 6.03. The van der Waals surface area contributed by atoms with Crippen LogP contribution in [0.5, 0.6) is 0 Å². The minimum absolute atomic E-state index is 0.674. The van der Waals surface area contributed by atoms with Crippen LogP contribution in [-0.2, 0) is 0 Å². The highest BCUT2D eigenvalue weighted by molar-refractivity contribution is 4.92. The van der Waals surface area contributed by atoms with Crippen LogP contribution >= 0.6 is 0 Å². The standard InChI is InChI=1S/C15H30N2/c1-2-3-4-9-14(12-16)17-11-6-8-13-7-5-10-15(13)17/h13-15H,2-12,16H2,1H3. The van der Waals surface area contributed by atoms with E-state index in [1.807, 2.05) is 0 Å². The topological polar surface area (TPSA) is 29.3 Å². The number of hydrogen-bond donors (Lipinski definition) is 1. The SMILES string of the molecule is CCCCCC(CN)N1CCCC2CCCC21. The van der Waals surface area contributed by atoms with Crippen molar-refractivity contribution >= 4 is 0 Å². The molecule has 1 saturated carbocycles. The number of fused-ring (bicyclic) bond motifs is 1. The van der Waals surface area contributed by atoms with Crippen LogP contribution in [0.25, 0.3) is 0 Å². The molecule has 2 heteroatoms. The lowest BCUT2D eigenvalue weighted by Gasteiger charge is -2.42. The van der Waals surface area contributed by atoms with Crippen LogP contribution in [0.15, 0.2) is 0 Å². The molecular formula is C15H30N2. The zero-order chi connectivity index (χ0) is 12.1. The molecule has 1 heterocycles. The lowest BCUT2D eigenvalue weighted by atomic mass is 9.89. The summed E-state index contributed by atoms with van der Waals surface area (Å²) in [7, 11) is 0. The Balaban J connectivity index is 1.88. The Morgan fingerprint density at radius 1 is 1.18 bits per heavy atom. The summed E-state index contributed by atoms with van der Waals surface area (Å²) < 4.78 is 0. The van der Waals surface area contributed by atoms with Crippen LogP contribution in [0.3, 0.4) is 0 Å². The van der Waals surface area contributed by atoms with Crippen LogP contribution in [0.2, 0.25) is 0 Å². The summed E-state index contributed by atoms with van der Waals surface area (Å²) in [5.74, 6) is 1.00. The van der Waals surface area contributed by atoms with Gasteiger partial charge in [-0.15, -0.1) is 0 Å². The minimum Gasteiger partial charge on any atom is -0.329 e. The number of hydrogen-bond acceptors (Lipinski definition) is 2. The van der Waals surface area contributed by atoms with Crippen molar-refractivity contribution in [3.63, 3.8) is 0 Å². The molecule has 0 amide bonds. The minimum atomic E-state index is 0.674. The Morgan fingerprint density at radius 2 is 2.00 bits per heavy atom. The van der Waals surface area contributed by atoms with E-state index in [0.717, 1.165) is 18.5 Å². The molecular weight excluding hydrogens is 208 g/mol. The normalized spacial score (nSPS) is 31.4. The predicted octanol–water partition coefficient (Wildman–Crippen LogP) is 3.16. The fourth-order valence-corrected chi connectivity index (χ4v) is 3.99. The van der Waals surface area contributed by atoms with Crippen molar-refractivity contribution in [1.29, 1.82) is 0 Å². The highest BCUT2D eigenvalue weighted by Gasteiger charge is 2.37. The van der Waals surface area contributed by atoms with Crippen molar-refractivity contribution in [2.24, 2.45) is 11.7 Å². The largest absolute Gasteiger partial charge is 0.329 e. The first-order valence-corrected chi connectivity index (χ1v) is 7.82. The van der Waals surface area contributed by atoms with Gasteiger partial charge in [-0.05, 0) is 44.6 Å². The molecule has 2 aliphatic rings. The highest BCUT2D eigenvalue weighted by atomic mass is 15.2. The van der Waals surface area contributed by atoms with Crippen molar-refractivity contribution in [3.05, 3.63) is 0 Å². The molecule has 1 aliphatic heterocycles. The first-order valence-electron chi connectivity index (χ1n) is 7.82. The maximum Gasteiger partial charge on any atom is 0.0221 e. The lowest BCUT2D eigenvalue weighted by Crippen LogP contribution is -2.51. The van der Waals surface area contributed by atoms with E-state index in [4.69, 9.17) is 5.73 Å². The average Bonchev–Trinajstić information content (AvgIpc) is 2.83. The molecule has 0 radical (unpaired) electrons. The summed E-state index contributed by atoms with van der Waals surface area (Å²) in [5, 5.41) is 0. The first-order chi connectivity index (χ1) is 8.36. The fourth-order valence-electron chi connectivity index (χ4n) is 3.99. The third-order valence-electron chi connectivity index (χ3n) is 4.92. The molecule has 17 heavy (non-hydrogen) atoms. The van der Waals surface area contributed by atoms with Gasteiger partial charge in [0.25, 0.3) is 0 Å². The lowest BCUT2D eigenvalue weighted by molar-refractivity contribution is 0.0654. The third-order valence-corrected chi connectivity index (χ3v) is 4.92. The summed E-state index contributed by atoms with van der Waals surface area (Å²) in [6.45, 7) is 4.47. The molecule has 2 nitrogen and oxygen atoms in total. The molecule has 0 aromatic heterocycles. The number of rotatable bonds is 6. The quantitative estimate of drug-likeness (QED) is 0.720. The van der Waals surface area contributed by atoms with Crippen molar-refractivity contribution in [2.45, 2.75) is 76.8 Å². The molecule has 2 rings (SSSR count). The van der Waals surface area contributed by atoms with Gasteiger partial charge in [0.2, 0.25) is 0 Å². The number of nitrogens with zero attached hydrogens (tertiary/aromatic N) is 1. The second kappa shape index (κ2) is 6.75. The van der Waals surface area contributed by atoms with E-state index in [1.165, 1.54) is 64.3 Å². The third kappa shape index (κ3) is 3.23. The molecule has 3 unspecified atom stereocenters. The molecule has 0 aromatic rings. The van der Waals surface area contributed by atoms with E-state index < -0.39 is 0 Å². The number of likely N-dealkylation sites (tertiary alicyclic amines) is 1. The summed E-state index contributed by atoms with van der Waals surface area (Å²) in [6, 6.07) is 1.56. The zero-order valence-electron chi connectivity index (χ0n) is 11.5. The van der Waals surface area contributed by atoms with Gasteiger partial charge in [0.15, 0.2) is 0 Å². The molecule has 0 aromatic carbocycles. The van der Waals surface area contributed by atoms with Gasteiger partial charge in [0.1, 0.15) is 0 Å². The van der Waals surface area contributed by atoms with E-state index in [9.17, 15) is 0 Å². The van der Waals surface area contributed by atoms with E-state index in [1.54, 1.807) is 0 Å². The van der Waals surface area contributed by atoms with E-state index >= 15 is 0 Å². The van der Waals surface area contributed by atoms with Crippen molar-refractivity contribution in [3.8, 4) is 0 Å². The molecule has 2 N–H and O–H groups in total. The Kier molecular flexibility index (Phi) is 5.30. The van der Waals surface area contributed by atoms with Crippen molar-refractivity contribution in [1.82, 2.24) is 4.90 Å². The van der Waals surface area contributed by atoms with Crippen molar-refractivity contribution in [2.75, 3.05) is 13.1 Å². The maximum absolute atomic E-state index is 6.03. The molecule has 2 fully saturated rings. The van der Waals surface area contributed by atoms with E-state index in [-0.39, 0.29) is 0 Å². The summed E-state index contributed by atoms with van der Waals surface area (Å²) in [5.41, 5.74) is 6.03. The second-order valence-corrected chi connectivity index (χ2v) is 6.02. The number of nitrogens with two attached hydrogens (primary N) is 1. The number of piperidine rings is 1. The Bertz CT molecular complexity index is 217. The van der Waals surface area contributed by atoms with Gasteiger partial charge in [-0.2, -0.15) is 0 Å². The molecule has 100 valence electrons. The summed E-state index contributed by atoms with van der Waals surface area (Å²) in [4.78, 5) is 2.79. The zero-order valence-corrected chi connectivity index (χ0v) is 11.5. The first kappa shape index (κ1) is 13.4. The average molecular weight is 238 g/mol. The summed E-state index contributed by atoms with van der Waals surface area (Å²) >= 11 is 0. The van der Waals surface area contributed by atoms with Gasteiger partial charge in [-0.25, -0.2) is 0 Å². The van der Waals surface area contributed by atoms with E-state index in [0.29, 0.717) is 6.04 Å². The van der Waals surface area contributed by atoms with Crippen LogP contribution in [-0.4, -0.2) is 30.1 Å². The van der Waals surface area contributed by atoms with Gasteiger partial charge < -0.3 is 5.73 Å². The Morgan fingerprint density at radius 3 is 2.76 bits per heavy atom. The van der Waals surface area contributed by atoms with Gasteiger partial charge >= 0.3 is 0 Å². The van der Waals surface area contributed by atoms with Gasteiger partial charge in [-0.3, -0.25) is 4.90 Å². The molecule has 1 aliphatic carbocycles. The molecule has 0 spiro atoms. The monoisotopic (exact) mass is 238 g/mol. The van der Waals surface area contributed by atoms with Crippen LogP contribution < -0.4 is 5.73 Å². The second-order valence-electron chi connectivity index (χ2n) is 6.02. The van der Waals surface area contributed by atoms with Crippen LogP contribution in [0, 0.1) is 5.92 Å². The van der Waals surface area contributed by atoms with Crippen molar-refractivity contribution < 1.29 is 0 Å². The fraction of sp³-hybridized carbons (Fsp3) is 1.00. The van der Waals surface area contributed by atoms with Crippen LogP contribution in [0.4, 0.5) is 0 Å². The highest BCUT2D eigenvalue weighted by Crippen LogP contribution is 2.38. The molecule has 0 bridgehead atoms. The smallest absolute Gasteiger partial charge is 0.0221 e. The summed E-state index contributed by atoms with van der Waals surface area (Å²) in [6.07, 6.45) is 12.7. The predicted molar refractivity (Wildman–Crippen MR) is 74.1 cm³/mol. The van der Waals surface area contributed by atoms with Gasteiger partial charge in [0, 0.05) is 18.6 Å². The van der Waals surface area contributed by atoms with Gasteiger partial charge in [-0.1, -0.05) is 32.6 Å². The number of unbranched alkanes of at least 4 members (excludes halogenated alkanes) is 2. The Hall–Kier alpha value is -0.0800. The van der Waals surface area contributed by atoms with E-state index in [2.05, 4.69) is 11.8 Å². The Labute approximate surface area is 107 Å². The molecule has 1 saturated heterocycles. The van der Waals surface area contributed by atoms with Crippen LogP contribution in [0.1, 0.15) is 64.7 Å². The molecule has 3 atom stereocenters. The van der Waals surface area contributed by atoms with Gasteiger partial charge in [0.05, 0.1) is 0 Å².